The number of aryl methyl sites for hydroxylation is 2. The van der Waals surface area contributed by atoms with E-state index < -0.39 is 6.04 Å². The van der Waals surface area contributed by atoms with E-state index in [4.69, 9.17) is 23.2 Å². The van der Waals surface area contributed by atoms with E-state index >= 15 is 0 Å². The third kappa shape index (κ3) is 3.12. The highest BCUT2D eigenvalue weighted by atomic mass is 35.5. The van der Waals surface area contributed by atoms with Gasteiger partial charge in [-0.15, -0.1) is 0 Å². The maximum absolute atomic E-state index is 12.7. The molecule has 1 heterocycles. The van der Waals surface area contributed by atoms with Crippen LogP contribution in [0.1, 0.15) is 17.5 Å². The van der Waals surface area contributed by atoms with Gasteiger partial charge in [0.15, 0.2) is 0 Å². The first-order valence-corrected chi connectivity index (χ1v) is 8.28. The van der Waals surface area contributed by atoms with Gasteiger partial charge in [-0.25, -0.2) is 4.90 Å². The summed E-state index contributed by atoms with van der Waals surface area (Å²) in [5.41, 5.74) is 3.37. The van der Waals surface area contributed by atoms with Crippen molar-refractivity contribution in [2.75, 3.05) is 10.2 Å². The number of carbonyl (C=O) groups is 2. The Bertz CT molecular complexity index is 836. The van der Waals surface area contributed by atoms with Gasteiger partial charge in [0.25, 0.3) is 5.91 Å². The van der Waals surface area contributed by atoms with Crippen LogP contribution in [-0.4, -0.2) is 17.9 Å². The average molecular weight is 363 g/mol. The molecule has 0 saturated carbocycles. The molecule has 0 radical (unpaired) electrons. The lowest BCUT2D eigenvalue weighted by Crippen LogP contribution is -2.35. The van der Waals surface area contributed by atoms with Crippen LogP contribution in [0.4, 0.5) is 11.4 Å². The Morgan fingerprint density at radius 2 is 1.83 bits per heavy atom. The molecule has 24 heavy (non-hydrogen) atoms. The van der Waals surface area contributed by atoms with Crippen LogP contribution in [0.3, 0.4) is 0 Å². The van der Waals surface area contributed by atoms with Crippen LogP contribution in [0.2, 0.25) is 10.0 Å². The minimum atomic E-state index is -0.606. The molecule has 1 N–H and O–H groups in total. The zero-order valence-corrected chi connectivity index (χ0v) is 14.8. The minimum Gasteiger partial charge on any atom is -0.373 e. The summed E-state index contributed by atoms with van der Waals surface area (Å²) in [6, 6.07) is 10.0. The van der Waals surface area contributed by atoms with Crippen molar-refractivity contribution in [2.24, 2.45) is 0 Å². The quantitative estimate of drug-likeness (QED) is 0.825. The smallest absolute Gasteiger partial charge is 0.256 e. The van der Waals surface area contributed by atoms with Gasteiger partial charge in [-0.2, -0.15) is 0 Å². The summed E-state index contributed by atoms with van der Waals surface area (Å²) in [6.45, 7) is 3.97. The first-order valence-electron chi connectivity index (χ1n) is 7.52. The number of nitrogens with one attached hydrogen (secondary N) is 1. The van der Waals surface area contributed by atoms with E-state index in [-0.39, 0.29) is 23.3 Å². The van der Waals surface area contributed by atoms with E-state index in [0.717, 1.165) is 21.7 Å². The highest BCUT2D eigenvalue weighted by Crippen LogP contribution is 2.33. The van der Waals surface area contributed by atoms with Crippen molar-refractivity contribution in [3.05, 3.63) is 57.6 Å². The molecule has 3 rings (SSSR count). The standard InChI is InChI=1S/C18H16Cl2N2O2/c1-10-3-5-14(11(2)7-10)21-15-9-17(23)22(18(15)24)16-6-4-12(19)8-13(16)20/h3-8,15,21H,9H2,1-2H3/t15-/m1/s1. The zero-order chi connectivity index (χ0) is 17.4. The summed E-state index contributed by atoms with van der Waals surface area (Å²) in [7, 11) is 0. The molecule has 2 aromatic carbocycles. The molecular formula is C18H16Cl2N2O2. The molecule has 0 bridgehead atoms. The molecular weight excluding hydrogens is 347 g/mol. The summed E-state index contributed by atoms with van der Waals surface area (Å²) < 4.78 is 0. The fourth-order valence-electron chi connectivity index (χ4n) is 2.82. The van der Waals surface area contributed by atoms with E-state index in [1.807, 2.05) is 32.0 Å². The van der Waals surface area contributed by atoms with Gasteiger partial charge in [-0.1, -0.05) is 40.9 Å². The molecule has 124 valence electrons. The van der Waals surface area contributed by atoms with Crippen molar-refractivity contribution in [3.8, 4) is 0 Å². The number of nitrogens with zero attached hydrogens (tertiary/aromatic N) is 1. The Morgan fingerprint density at radius 3 is 2.50 bits per heavy atom. The number of anilines is 2. The number of hydrogen-bond acceptors (Lipinski definition) is 3. The van der Waals surface area contributed by atoms with E-state index in [9.17, 15) is 9.59 Å². The molecule has 0 aliphatic carbocycles. The molecule has 6 heteroatoms. The fraction of sp³-hybridized carbons (Fsp3) is 0.222. The summed E-state index contributed by atoms with van der Waals surface area (Å²) in [5.74, 6) is -0.601. The number of halogens is 2. The van der Waals surface area contributed by atoms with E-state index in [1.165, 1.54) is 6.07 Å². The number of rotatable bonds is 3. The first kappa shape index (κ1) is 16.8. The van der Waals surface area contributed by atoms with Gasteiger partial charge < -0.3 is 5.32 Å². The van der Waals surface area contributed by atoms with Crippen molar-refractivity contribution in [1.29, 1.82) is 0 Å². The monoisotopic (exact) mass is 362 g/mol. The molecule has 1 aliphatic rings. The molecule has 0 aromatic heterocycles. The van der Waals surface area contributed by atoms with Crippen LogP contribution in [0.5, 0.6) is 0 Å². The third-order valence-corrected chi connectivity index (χ3v) is 4.55. The number of carbonyl (C=O) groups excluding carboxylic acids is 2. The van der Waals surface area contributed by atoms with Gasteiger partial charge >= 0.3 is 0 Å². The van der Waals surface area contributed by atoms with Crippen molar-refractivity contribution >= 4 is 46.4 Å². The Labute approximate surface area is 150 Å². The Morgan fingerprint density at radius 1 is 1.08 bits per heavy atom. The van der Waals surface area contributed by atoms with Crippen LogP contribution >= 0.6 is 23.2 Å². The molecule has 0 unspecified atom stereocenters. The fourth-order valence-corrected chi connectivity index (χ4v) is 3.32. The maximum Gasteiger partial charge on any atom is 0.256 e. The van der Waals surface area contributed by atoms with Crippen molar-refractivity contribution in [2.45, 2.75) is 26.3 Å². The number of hydrogen-bond donors (Lipinski definition) is 1. The molecule has 2 amide bonds. The first-order chi connectivity index (χ1) is 11.4. The predicted molar refractivity (Wildman–Crippen MR) is 96.9 cm³/mol. The highest BCUT2D eigenvalue weighted by Gasteiger charge is 2.40. The highest BCUT2D eigenvalue weighted by molar-refractivity contribution is 6.38. The van der Waals surface area contributed by atoms with Gasteiger partial charge in [-0.3, -0.25) is 9.59 Å². The molecule has 1 atom stereocenters. The zero-order valence-electron chi connectivity index (χ0n) is 13.3. The molecule has 1 saturated heterocycles. The lowest BCUT2D eigenvalue weighted by atomic mass is 10.1. The van der Waals surface area contributed by atoms with Gasteiger partial charge in [0.2, 0.25) is 5.91 Å². The largest absolute Gasteiger partial charge is 0.373 e. The summed E-state index contributed by atoms with van der Waals surface area (Å²) in [6.07, 6.45) is 0.0884. The normalized spacial score (nSPS) is 17.5. The summed E-state index contributed by atoms with van der Waals surface area (Å²) in [4.78, 5) is 26.1. The van der Waals surface area contributed by atoms with Gasteiger partial charge in [-0.05, 0) is 43.7 Å². The summed E-state index contributed by atoms with van der Waals surface area (Å²) >= 11 is 12.0. The molecule has 0 spiro atoms. The van der Waals surface area contributed by atoms with Gasteiger partial charge in [0, 0.05) is 10.7 Å². The second-order valence-corrected chi connectivity index (χ2v) is 6.73. The number of benzene rings is 2. The van der Waals surface area contributed by atoms with E-state index in [2.05, 4.69) is 5.32 Å². The van der Waals surface area contributed by atoms with Gasteiger partial charge in [0.05, 0.1) is 17.1 Å². The maximum atomic E-state index is 12.7. The number of imide groups is 1. The van der Waals surface area contributed by atoms with E-state index in [0.29, 0.717) is 10.7 Å². The Kier molecular flexibility index (Phi) is 4.52. The lowest BCUT2D eigenvalue weighted by Gasteiger charge is -2.18. The SMILES string of the molecule is Cc1ccc(N[C@@H]2CC(=O)N(c3ccc(Cl)cc3Cl)C2=O)c(C)c1. The Hall–Kier alpha value is -2.04. The van der Waals surface area contributed by atoms with Crippen LogP contribution < -0.4 is 10.2 Å². The van der Waals surface area contributed by atoms with Crippen LogP contribution in [0.25, 0.3) is 0 Å². The minimum absolute atomic E-state index is 0.0884. The molecule has 4 nitrogen and oxygen atoms in total. The topological polar surface area (TPSA) is 49.4 Å². The van der Waals surface area contributed by atoms with Crippen LogP contribution in [0.15, 0.2) is 36.4 Å². The second kappa shape index (κ2) is 6.46. The predicted octanol–water partition coefficient (Wildman–Crippen LogP) is 4.35. The second-order valence-electron chi connectivity index (χ2n) is 5.88. The van der Waals surface area contributed by atoms with Crippen LogP contribution in [0, 0.1) is 13.8 Å². The van der Waals surface area contributed by atoms with E-state index in [1.54, 1.807) is 12.1 Å². The molecule has 1 aliphatic heterocycles. The Balaban J connectivity index is 1.86. The lowest BCUT2D eigenvalue weighted by molar-refractivity contribution is -0.121. The van der Waals surface area contributed by atoms with Crippen molar-refractivity contribution < 1.29 is 9.59 Å². The van der Waals surface area contributed by atoms with Crippen molar-refractivity contribution in [1.82, 2.24) is 0 Å². The van der Waals surface area contributed by atoms with Crippen LogP contribution in [-0.2, 0) is 9.59 Å². The van der Waals surface area contributed by atoms with Gasteiger partial charge in [0.1, 0.15) is 6.04 Å². The average Bonchev–Trinajstić information content (AvgIpc) is 2.77. The third-order valence-electron chi connectivity index (χ3n) is 4.01. The molecule has 1 fully saturated rings. The number of amides is 2. The summed E-state index contributed by atoms with van der Waals surface area (Å²) in [5, 5.41) is 3.89. The van der Waals surface area contributed by atoms with Crippen molar-refractivity contribution in [3.63, 3.8) is 0 Å². The molecule has 2 aromatic rings.